The molecule has 1 N–H and O–H groups in total. The number of aromatic nitrogens is 2. The third-order valence-corrected chi connectivity index (χ3v) is 3.03. The predicted molar refractivity (Wildman–Crippen MR) is 65.0 cm³/mol. The fraction of sp³-hybridized carbons (Fsp3) is 0.385. The molecule has 1 fully saturated rings. The Morgan fingerprint density at radius 3 is 2.95 bits per heavy atom. The number of hydrogen-bond acceptors (Lipinski definition) is 5. The van der Waals surface area contributed by atoms with E-state index in [0.717, 1.165) is 19.4 Å². The Morgan fingerprint density at radius 2 is 2.21 bits per heavy atom. The van der Waals surface area contributed by atoms with Crippen LogP contribution < -0.4 is 10.1 Å². The number of nitrogens with zero attached hydrogens (tertiary/aromatic N) is 2. The number of benzene rings is 1. The van der Waals surface area contributed by atoms with Gasteiger partial charge in [-0.25, -0.2) is 4.39 Å². The van der Waals surface area contributed by atoms with E-state index in [4.69, 9.17) is 9.26 Å². The van der Waals surface area contributed by atoms with Crippen molar-refractivity contribution in [3.05, 3.63) is 41.8 Å². The van der Waals surface area contributed by atoms with Crippen LogP contribution in [0, 0.1) is 5.82 Å². The van der Waals surface area contributed by atoms with Gasteiger partial charge in [-0.2, -0.15) is 4.98 Å². The molecule has 6 heteroatoms. The molecule has 100 valence electrons. The Labute approximate surface area is 109 Å². The minimum Gasteiger partial charge on any atom is -0.484 e. The lowest BCUT2D eigenvalue weighted by Crippen LogP contribution is -2.14. The van der Waals surface area contributed by atoms with Crippen LogP contribution >= 0.6 is 0 Å². The molecule has 1 aliphatic heterocycles. The zero-order valence-electron chi connectivity index (χ0n) is 10.3. The van der Waals surface area contributed by atoms with Crippen molar-refractivity contribution in [3.8, 4) is 5.75 Å². The summed E-state index contributed by atoms with van der Waals surface area (Å²) in [5.41, 5.74) is 0. The van der Waals surface area contributed by atoms with Gasteiger partial charge in [0, 0.05) is 0 Å². The smallest absolute Gasteiger partial charge is 0.264 e. The van der Waals surface area contributed by atoms with Crippen molar-refractivity contribution in [1.29, 1.82) is 0 Å². The molecule has 19 heavy (non-hydrogen) atoms. The van der Waals surface area contributed by atoms with Crippen LogP contribution in [0.25, 0.3) is 0 Å². The molecule has 1 aromatic carbocycles. The Balaban J connectivity index is 1.59. The molecule has 3 rings (SSSR count). The first kappa shape index (κ1) is 12.1. The molecular weight excluding hydrogens is 249 g/mol. The highest BCUT2D eigenvalue weighted by atomic mass is 19.1. The molecule has 1 saturated heterocycles. The Hall–Kier alpha value is -1.95. The summed E-state index contributed by atoms with van der Waals surface area (Å²) in [7, 11) is 0. The second kappa shape index (κ2) is 5.36. The maximum Gasteiger partial charge on any atom is 0.264 e. The van der Waals surface area contributed by atoms with E-state index in [0.29, 0.717) is 17.5 Å². The molecule has 2 aromatic rings. The standard InChI is InChI=1S/C13H14FN3O2/c14-9-3-5-10(6-4-9)18-8-12-16-13(17-19-12)11-2-1-7-15-11/h3-6,11,15H,1-2,7-8H2. The lowest BCUT2D eigenvalue weighted by molar-refractivity contribution is 0.242. The first-order valence-electron chi connectivity index (χ1n) is 6.25. The summed E-state index contributed by atoms with van der Waals surface area (Å²) in [4.78, 5) is 4.29. The normalized spacial score (nSPS) is 18.7. The number of nitrogens with one attached hydrogen (secondary N) is 1. The maximum atomic E-state index is 12.7. The minimum absolute atomic E-state index is 0.184. The fourth-order valence-corrected chi connectivity index (χ4v) is 2.05. The predicted octanol–water partition coefficient (Wildman–Crippen LogP) is 2.21. The van der Waals surface area contributed by atoms with E-state index in [2.05, 4.69) is 15.5 Å². The highest BCUT2D eigenvalue weighted by molar-refractivity contribution is 5.22. The minimum atomic E-state index is -0.292. The third-order valence-electron chi connectivity index (χ3n) is 3.03. The largest absolute Gasteiger partial charge is 0.484 e. The monoisotopic (exact) mass is 263 g/mol. The fourth-order valence-electron chi connectivity index (χ4n) is 2.05. The van der Waals surface area contributed by atoms with Gasteiger partial charge in [-0.15, -0.1) is 0 Å². The summed E-state index contributed by atoms with van der Waals surface area (Å²) in [6, 6.07) is 5.99. The first-order valence-corrected chi connectivity index (χ1v) is 6.25. The molecule has 0 radical (unpaired) electrons. The van der Waals surface area contributed by atoms with Gasteiger partial charge in [-0.1, -0.05) is 5.16 Å². The van der Waals surface area contributed by atoms with Gasteiger partial charge < -0.3 is 14.6 Å². The molecule has 1 aromatic heterocycles. The van der Waals surface area contributed by atoms with Crippen molar-refractivity contribution < 1.29 is 13.7 Å². The van der Waals surface area contributed by atoms with Gasteiger partial charge in [0.1, 0.15) is 11.6 Å². The highest BCUT2D eigenvalue weighted by Gasteiger charge is 2.21. The average Bonchev–Trinajstić information content (AvgIpc) is 3.09. The van der Waals surface area contributed by atoms with Gasteiger partial charge in [0.15, 0.2) is 12.4 Å². The molecule has 0 spiro atoms. The van der Waals surface area contributed by atoms with Crippen molar-refractivity contribution in [3.63, 3.8) is 0 Å². The molecule has 1 aliphatic rings. The highest BCUT2D eigenvalue weighted by Crippen LogP contribution is 2.20. The summed E-state index contributed by atoms with van der Waals surface area (Å²) >= 11 is 0. The number of ether oxygens (including phenoxy) is 1. The Bertz CT molecular complexity index is 535. The van der Waals surface area contributed by atoms with E-state index in [9.17, 15) is 4.39 Å². The zero-order valence-corrected chi connectivity index (χ0v) is 10.3. The van der Waals surface area contributed by atoms with E-state index >= 15 is 0 Å². The summed E-state index contributed by atoms with van der Waals surface area (Å²) < 4.78 is 23.3. The molecule has 0 saturated carbocycles. The summed E-state index contributed by atoms with van der Waals surface area (Å²) in [5, 5.41) is 7.23. The van der Waals surface area contributed by atoms with E-state index in [1.807, 2.05) is 0 Å². The molecule has 0 aliphatic carbocycles. The average molecular weight is 263 g/mol. The van der Waals surface area contributed by atoms with Crippen LogP contribution in [-0.4, -0.2) is 16.7 Å². The van der Waals surface area contributed by atoms with Gasteiger partial charge in [-0.3, -0.25) is 0 Å². The number of halogens is 1. The molecule has 0 amide bonds. The SMILES string of the molecule is Fc1ccc(OCc2nc(C3CCCN3)no2)cc1. The molecule has 1 atom stereocenters. The van der Waals surface area contributed by atoms with Crippen molar-refractivity contribution in [1.82, 2.24) is 15.5 Å². The van der Waals surface area contributed by atoms with Crippen molar-refractivity contribution in [2.24, 2.45) is 0 Å². The maximum absolute atomic E-state index is 12.7. The van der Waals surface area contributed by atoms with Crippen LogP contribution in [0.5, 0.6) is 5.75 Å². The summed E-state index contributed by atoms with van der Waals surface area (Å²) in [5.74, 6) is 1.38. The van der Waals surface area contributed by atoms with Gasteiger partial charge >= 0.3 is 0 Å². The van der Waals surface area contributed by atoms with Gasteiger partial charge in [0.05, 0.1) is 6.04 Å². The van der Waals surface area contributed by atoms with Gasteiger partial charge in [0.2, 0.25) is 0 Å². The van der Waals surface area contributed by atoms with E-state index in [1.165, 1.54) is 12.1 Å². The van der Waals surface area contributed by atoms with E-state index in [-0.39, 0.29) is 18.5 Å². The van der Waals surface area contributed by atoms with Crippen molar-refractivity contribution in [2.45, 2.75) is 25.5 Å². The van der Waals surface area contributed by atoms with Crippen LogP contribution in [0.3, 0.4) is 0 Å². The lowest BCUT2D eigenvalue weighted by Gasteiger charge is -2.03. The van der Waals surface area contributed by atoms with E-state index in [1.54, 1.807) is 12.1 Å². The van der Waals surface area contributed by atoms with Crippen LogP contribution in [0.2, 0.25) is 0 Å². The molecule has 0 bridgehead atoms. The van der Waals surface area contributed by atoms with Gasteiger partial charge in [0.25, 0.3) is 5.89 Å². The number of rotatable bonds is 4. The summed E-state index contributed by atoms with van der Waals surface area (Å²) in [6.07, 6.45) is 2.15. The number of hydrogen-bond donors (Lipinski definition) is 1. The topological polar surface area (TPSA) is 60.2 Å². The Kier molecular flexibility index (Phi) is 3.41. The zero-order chi connectivity index (χ0) is 13.1. The lowest BCUT2D eigenvalue weighted by atomic mass is 10.2. The molecular formula is C13H14FN3O2. The Morgan fingerprint density at radius 1 is 1.37 bits per heavy atom. The van der Waals surface area contributed by atoms with Crippen molar-refractivity contribution in [2.75, 3.05) is 6.54 Å². The van der Waals surface area contributed by atoms with Gasteiger partial charge in [-0.05, 0) is 43.7 Å². The second-order valence-corrected chi connectivity index (χ2v) is 4.44. The molecule has 2 heterocycles. The third kappa shape index (κ3) is 2.90. The second-order valence-electron chi connectivity index (χ2n) is 4.44. The van der Waals surface area contributed by atoms with E-state index < -0.39 is 0 Å². The van der Waals surface area contributed by atoms with Crippen LogP contribution in [-0.2, 0) is 6.61 Å². The van der Waals surface area contributed by atoms with Crippen LogP contribution in [0.15, 0.2) is 28.8 Å². The van der Waals surface area contributed by atoms with Crippen LogP contribution in [0.4, 0.5) is 4.39 Å². The molecule has 5 nitrogen and oxygen atoms in total. The summed E-state index contributed by atoms with van der Waals surface area (Å²) in [6.45, 7) is 1.17. The molecule has 1 unspecified atom stereocenters. The first-order chi connectivity index (χ1) is 9.31. The van der Waals surface area contributed by atoms with Crippen molar-refractivity contribution >= 4 is 0 Å². The quantitative estimate of drug-likeness (QED) is 0.916. The van der Waals surface area contributed by atoms with Crippen LogP contribution in [0.1, 0.15) is 30.6 Å².